The number of anilines is 1. The lowest BCUT2D eigenvalue weighted by Crippen LogP contribution is -2.32. The van der Waals surface area contributed by atoms with Gasteiger partial charge in [0, 0.05) is 17.8 Å². The van der Waals surface area contributed by atoms with Crippen LogP contribution in [0.3, 0.4) is 0 Å². The Balaban J connectivity index is 2.30. The fraction of sp³-hybridized carbons (Fsp3) is 0.467. The third kappa shape index (κ3) is 6.33. The van der Waals surface area contributed by atoms with E-state index in [1.54, 1.807) is 18.2 Å². The van der Waals surface area contributed by atoms with Crippen LogP contribution in [0, 0.1) is 0 Å². The van der Waals surface area contributed by atoms with Gasteiger partial charge in [-0.2, -0.15) is 0 Å². The smallest absolute Gasteiger partial charge is 0.239 e. The van der Waals surface area contributed by atoms with Crippen LogP contribution >= 0.6 is 0 Å². The van der Waals surface area contributed by atoms with E-state index in [2.05, 4.69) is 15.5 Å². The van der Waals surface area contributed by atoms with Crippen molar-refractivity contribution < 1.29 is 9.59 Å². The van der Waals surface area contributed by atoms with Crippen LogP contribution in [0.4, 0.5) is 5.69 Å². The number of Topliss-reactive ketones (excluding diaryl/α,β-unsaturated/α-hetero) is 1. The highest BCUT2D eigenvalue weighted by molar-refractivity contribution is 5.95. The van der Waals surface area contributed by atoms with Gasteiger partial charge in [-0.05, 0) is 46.1 Å². The number of nitrogens with one attached hydrogen (secondary N) is 2. The van der Waals surface area contributed by atoms with Crippen molar-refractivity contribution in [3.63, 3.8) is 0 Å². The Kier molecular flexibility index (Phi) is 6.73. The zero-order chi connectivity index (χ0) is 15.0. The van der Waals surface area contributed by atoms with Gasteiger partial charge in [0.05, 0.1) is 6.54 Å². The number of hydrogen-bond acceptors (Lipinski definition) is 4. The molecule has 5 nitrogen and oxygen atoms in total. The molecule has 5 heteroatoms. The molecule has 0 radical (unpaired) electrons. The minimum atomic E-state index is -0.0445. The summed E-state index contributed by atoms with van der Waals surface area (Å²) in [5, 5.41) is 5.87. The highest BCUT2D eigenvalue weighted by atomic mass is 16.2. The molecule has 0 saturated carbocycles. The Morgan fingerprint density at radius 2 is 2.00 bits per heavy atom. The molecule has 0 bridgehead atoms. The van der Waals surface area contributed by atoms with E-state index in [1.807, 2.05) is 20.2 Å². The second-order valence-corrected chi connectivity index (χ2v) is 5.00. The van der Waals surface area contributed by atoms with Gasteiger partial charge in [-0.1, -0.05) is 12.1 Å². The maximum atomic E-state index is 11.6. The van der Waals surface area contributed by atoms with E-state index in [9.17, 15) is 9.59 Å². The van der Waals surface area contributed by atoms with Crippen molar-refractivity contribution in [2.75, 3.05) is 39.0 Å². The van der Waals surface area contributed by atoms with Crippen molar-refractivity contribution in [1.82, 2.24) is 10.2 Å². The molecule has 0 aliphatic heterocycles. The van der Waals surface area contributed by atoms with Gasteiger partial charge in [0.2, 0.25) is 5.91 Å². The number of hydrogen-bond donors (Lipinski definition) is 2. The molecule has 0 fully saturated rings. The normalized spacial score (nSPS) is 10.4. The highest BCUT2D eigenvalue weighted by Gasteiger charge is 2.03. The number of benzene rings is 1. The average molecular weight is 277 g/mol. The summed E-state index contributed by atoms with van der Waals surface area (Å²) in [6, 6.07) is 7.15. The Labute approximate surface area is 120 Å². The fourth-order valence-electron chi connectivity index (χ4n) is 1.72. The highest BCUT2D eigenvalue weighted by Crippen LogP contribution is 2.10. The van der Waals surface area contributed by atoms with Crippen LogP contribution in [0.1, 0.15) is 23.7 Å². The Morgan fingerprint density at radius 3 is 2.65 bits per heavy atom. The first-order valence-corrected chi connectivity index (χ1v) is 6.75. The van der Waals surface area contributed by atoms with Gasteiger partial charge < -0.3 is 15.5 Å². The van der Waals surface area contributed by atoms with E-state index in [1.165, 1.54) is 6.92 Å². The zero-order valence-corrected chi connectivity index (χ0v) is 12.4. The molecule has 0 aromatic heterocycles. The molecule has 0 aliphatic carbocycles. The van der Waals surface area contributed by atoms with Gasteiger partial charge in [-0.25, -0.2) is 0 Å². The van der Waals surface area contributed by atoms with Gasteiger partial charge in [-0.15, -0.1) is 0 Å². The summed E-state index contributed by atoms with van der Waals surface area (Å²) >= 11 is 0. The molecule has 0 saturated heterocycles. The van der Waals surface area contributed by atoms with E-state index in [4.69, 9.17) is 0 Å². The molecule has 2 N–H and O–H groups in total. The second-order valence-electron chi connectivity index (χ2n) is 5.00. The molecule has 0 spiro atoms. The lowest BCUT2D eigenvalue weighted by atomic mass is 10.1. The minimum absolute atomic E-state index is 0.0155. The molecule has 0 atom stereocenters. The average Bonchev–Trinajstić information content (AvgIpc) is 2.41. The van der Waals surface area contributed by atoms with Crippen molar-refractivity contribution in [3.05, 3.63) is 29.8 Å². The van der Waals surface area contributed by atoms with Crippen molar-refractivity contribution in [2.45, 2.75) is 13.3 Å². The summed E-state index contributed by atoms with van der Waals surface area (Å²) in [6.45, 7) is 3.36. The first kappa shape index (κ1) is 16.2. The Bertz CT molecular complexity index is 458. The van der Waals surface area contributed by atoms with E-state index in [0.717, 1.165) is 18.7 Å². The number of carbonyl (C=O) groups is 2. The molecule has 1 aromatic rings. The summed E-state index contributed by atoms with van der Waals surface area (Å²) in [5.41, 5.74) is 1.42. The van der Waals surface area contributed by atoms with Crippen LogP contribution in [-0.4, -0.2) is 50.3 Å². The van der Waals surface area contributed by atoms with E-state index < -0.39 is 0 Å². The van der Waals surface area contributed by atoms with Crippen molar-refractivity contribution in [2.24, 2.45) is 0 Å². The number of carbonyl (C=O) groups excluding carboxylic acids is 2. The predicted molar refractivity (Wildman–Crippen MR) is 81.1 cm³/mol. The molecular weight excluding hydrogens is 254 g/mol. The quantitative estimate of drug-likeness (QED) is 0.556. The van der Waals surface area contributed by atoms with Crippen LogP contribution < -0.4 is 10.6 Å². The Hall–Kier alpha value is -1.88. The number of ketones is 1. The largest absolute Gasteiger partial charge is 0.376 e. The maximum Gasteiger partial charge on any atom is 0.239 e. The third-order valence-corrected chi connectivity index (χ3v) is 2.83. The molecule has 0 aliphatic rings. The maximum absolute atomic E-state index is 11.6. The van der Waals surface area contributed by atoms with Gasteiger partial charge in [0.15, 0.2) is 5.78 Å². The van der Waals surface area contributed by atoms with Crippen molar-refractivity contribution >= 4 is 17.4 Å². The summed E-state index contributed by atoms with van der Waals surface area (Å²) in [5.74, 6) is -0.0289. The SMILES string of the molecule is CC(=O)c1cccc(NCC(=O)NCCCN(C)C)c1. The zero-order valence-electron chi connectivity index (χ0n) is 12.4. The summed E-state index contributed by atoms with van der Waals surface area (Å²) in [4.78, 5) is 25.0. The second kappa shape index (κ2) is 8.32. The predicted octanol–water partition coefficient (Wildman–Crippen LogP) is 1.37. The standard InChI is InChI=1S/C15H23N3O2/c1-12(19)13-6-4-7-14(10-13)17-11-15(20)16-8-5-9-18(2)3/h4,6-7,10,17H,5,8-9,11H2,1-3H3,(H,16,20). The van der Waals surface area contributed by atoms with Gasteiger partial charge in [-0.3, -0.25) is 9.59 Å². The number of rotatable bonds is 8. The topological polar surface area (TPSA) is 61.4 Å². The van der Waals surface area contributed by atoms with Gasteiger partial charge in [0.1, 0.15) is 0 Å². The molecular formula is C15H23N3O2. The van der Waals surface area contributed by atoms with Crippen molar-refractivity contribution in [1.29, 1.82) is 0 Å². The molecule has 1 rings (SSSR count). The van der Waals surface area contributed by atoms with Crippen LogP contribution in [0.5, 0.6) is 0 Å². The molecule has 1 aromatic carbocycles. The van der Waals surface area contributed by atoms with Crippen LogP contribution in [0.2, 0.25) is 0 Å². The van der Waals surface area contributed by atoms with E-state index in [-0.39, 0.29) is 18.2 Å². The monoisotopic (exact) mass is 277 g/mol. The molecule has 1 amide bonds. The molecule has 110 valence electrons. The summed E-state index contributed by atoms with van der Waals surface area (Å²) in [7, 11) is 4.01. The first-order chi connectivity index (χ1) is 9.49. The molecule has 20 heavy (non-hydrogen) atoms. The minimum Gasteiger partial charge on any atom is -0.376 e. The van der Waals surface area contributed by atoms with Gasteiger partial charge >= 0.3 is 0 Å². The molecule has 0 heterocycles. The summed E-state index contributed by atoms with van der Waals surface area (Å²) in [6.07, 6.45) is 0.929. The number of amides is 1. The van der Waals surface area contributed by atoms with Crippen LogP contribution in [0.15, 0.2) is 24.3 Å². The first-order valence-electron chi connectivity index (χ1n) is 6.75. The fourth-order valence-corrected chi connectivity index (χ4v) is 1.72. The van der Waals surface area contributed by atoms with Gasteiger partial charge in [0.25, 0.3) is 0 Å². The van der Waals surface area contributed by atoms with Crippen LogP contribution in [0.25, 0.3) is 0 Å². The van der Waals surface area contributed by atoms with Crippen molar-refractivity contribution in [3.8, 4) is 0 Å². The number of nitrogens with zero attached hydrogens (tertiary/aromatic N) is 1. The Morgan fingerprint density at radius 1 is 1.25 bits per heavy atom. The molecule has 0 unspecified atom stereocenters. The van der Waals surface area contributed by atoms with E-state index >= 15 is 0 Å². The lowest BCUT2D eigenvalue weighted by Gasteiger charge is -2.11. The van der Waals surface area contributed by atoms with E-state index in [0.29, 0.717) is 12.1 Å². The van der Waals surface area contributed by atoms with Crippen LogP contribution in [-0.2, 0) is 4.79 Å². The third-order valence-electron chi connectivity index (χ3n) is 2.83. The lowest BCUT2D eigenvalue weighted by molar-refractivity contribution is -0.119. The summed E-state index contributed by atoms with van der Waals surface area (Å²) < 4.78 is 0.